The molecule has 0 bridgehead atoms. The van der Waals surface area contributed by atoms with Crippen LogP contribution in [-0.4, -0.2) is 52.2 Å². The van der Waals surface area contributed by atoms with Crippen LogP contribution >= 0.6 is 0 Å². The second-order valence-electron chi connectivity index (χ2n) is 5.67. The number of amides is 2. The summed E-state index contributed by atoms with van der Waals surface area (Å²) in [6.07, 6.45) is 0. The largest absolute Gasteiger partial charge is 0.377 e. The topological polar surface area (TPSA) is 83.1 Å². The van der Waals surface area contributed by atoms with Gasteiger partial charge in [-0.15, -0.1) is 0 Å². The van der Waals surface area contributed by atoms with E-state index in [0.717, 1.165) is 0 Å². The third kappa shape index (κ3) is 3.52. The summed E-state index contributed by atoms with van der Waals surface area (Å²) in [6, 6.07) is -0.376. The van der Waals surface area contributed by atoms with Gasteiger partial charge >= 0.3 is 6.03 Å². The number of aromatic nitrogens is 3. The molecule has 0 spiro atoms. The molecule has 2 rings (SSSR count). The molecule has 22 heavy (non-hydrogen) atoms. The van der Waals surface area contributed by atoms with Crippen LogP contribution in [0.2, 0.25) is 0 Å². The van der Waals surface area contributed by atoms with E-state index in [-0.39, 0.29) is 32.3 Å². The van der Waals surface area contributed by atoms with Crippen molar-refractivity contribution in [2.45, 2.75) is 32.9 Å². The van der Waals surface area contributed by atoms with E-state index in [2.05, 4.69) is 20.5 Å². The van der Waals surface area contributed by atoms with E-state index in [1.807, 2.05) is 0 Å². The van der Waals surface area contributed by atoms with Gasteiger partial charge in [0.2, 0.25) is 0 Å². The van der Waals surface area contributed by atoms with Gasteiger partial charge in [-0.2, -0.15) is 5.10 Å². The lowest BCUT2D eigenvalue weighted by Crippen LogP contribution is -2.55. The molecule has 0 aliphatic carbocycles. The Labute approximate surface area is 127 Å². The van der Waals surface area contributed by atoms with Crippen LogP contribution in [0.3, 0.4) is 0 Å². The number of hydrogen-bond acceptors (Lipinski definition) is 4. The van der Waals surface area contributed by atoms with Gasteiger partial charge < -0.3 is 15.0 Å². The van der Waals surface area contributed by atoms with Crippen LogP contribution < -0.4 is 5.32 Å². The van der Waals surface area contributed by atoms with Crippen molar-refractivity contribution < 1.29 is 18.3 Å². The van der Waals surface area contributed by atoms with E-state index in [4.69, 9.17) is 4.74 Å². The molecule has 9 heteroatoms. The fraction of sp³-hybridized carbons (Fsp3) is 0.769. The molecule has 2 N–H and O–H groups in total. The fourth-order valence-corrected chi connectivity index (χ4v) is 2.51. The molecule has 2 amide bonds. The number of methoxy groups -OCH3 is 1. The Kier molecular flexibility index (Phi) is 4.94. The zero-order valence-corrected chi connectivity index (χ0v) is 12.9. The Hall–Kier alpha value is -1.77. The number of nitrogens with zero attached hydrogens (tertiary/aromatic N) is 3. The van der Waals surface area contributed by atoms with E-state index in [0.29, 0.717) is 11.6 Å². The lowest BCUT2D eigenvalue weighted by Gasteiger charge is -2.40. The molecule has 1 aliphatic rings. The van der Waals surface area contributed by atoms with Crippen LogP contribution in [0.25, 0.3) is 0 Å². The SMILES string of the molecule is COCc1n[nH]c(CNC(=O)N2CC(C)C(F)(F)C(C)C2)n1. The lowest BCUT2D eigenvalue weighted by atomic mass is 9.87. The van der Waals surface area contributed by atoms with Crippen LogP contribution in [0.1, 0.15) is 25.5 Å². The van der Waals surface area contributed by atoms with E-state index in [1.54, 1.807) is 0 Å². The first-order valence-corrected chi connectivity index (χ1v) is 7.14. The van der Waals surface area contributed by atoms with Crippen molar-refractivity contribution >= 4 is 6.03 Å². The molecule has 1 aromatic heterocycles. The highest BCUT2D eigenvalue weighted by molar-refractivity contribution is 5.74. The number of alkyl halides is 2. The van der Waals surface area contributed by atoms with Crippen molar-refractivity contribution in [2.24, 2.45) is 11.8 Å². The van der Waals surface area contributed by atoms with Gasteiger partial charge in [-0.25, -0.2) is 18.6 Å². The molecule has 1 aliphatic heterocycles. The minimum Gasteiger partial charge on any atom is -0.377 e. The molecule has 7 nitrogen and oxygen atoms in total. The number of carbonyl (C=O) groups excluding carboxylic acids is 1. The molecular weight excluding hydrogens is 296 g/mol. The molecule has 1 fully saturated rings. The Balaban J connectivity index is 1.87. The quantitative estimate of drug-likeness (QED) is 0.879. The Bertz CT molecular complexity index is 508. The molecule has 0 saturated carbocycles. The highest BCUT2D eigenvalue weighted by Crippen LogP contribution is 2.37. The highest BCUT2D eigenvalue weighted by Gasteiger charge is 2.47. The number of piperidine rings is 1. The summed E-state index contributed by atoms with van der Waals surface area (Å²) < 4.78 is 32.4. The Morgan fingerprint density at radius 1 is 1.45 bits per heavy atom. The van der Waals surface area contributed by atoms with E-state index in [9.17, 15) is 13.6 Å². The maximum absolute atomic E-state index is 13.8. The molecule has 2 unspecified atom stereocenters. The van der Waals surface area contributed by atoms with Gasteiger partial charge in [-0.1, -0.05) is 13.8 Å². The number of rotatable bonds is 4. The normalized spacial score (nSPS) is 24.3. The zero-order valence-electron chi connectivity index (χ0n) is 12.9. The summed E-state index contributed by atoms with van der Waals surface area (Å²) in [6.45, 7) is 3.43. The number of carbonyl (C=O) groups is 1. The number of hydrogen-bond donors (Lipinski definition) is 2. The second kappa shape index (κ2) is 6.55. The molecule has 1 aromatic rings. The summed E-state index contributed by atoms with van der Waals surface area (Å²) in [4.78, 5) is 17.6. The van der Waals surface area contributed by atoms with Crippen LogP contribution in [-0.2, 0) is 17.9 Å². The first-order valence-electron chi connectivity index (χ1n) is 7.14. The lowest BCUT2D eigenvalue weighted by molar-refractivity contribution is -0.131. The van der Waals surface area contributed by atoms with Gasteiger partial charge in [0.15, 0.2) is 5.82 Å². The average Bonchev–Trinajstić information content (AvgIpc) is 2.90. The molecule has 2 heterocycles. The van der Waals surface area contributed by atoms with Gasteiger partial charge in [-0.3, -0.25) is 5.10 Å². The summed E-state index contributed by atoms with van der Waals surface area (Å²) >= 11 is 0. The number of nitrogens with one attached hydrogen (secondary N) is 2. The zero-order chi connectivity index (χ0) is 16.3. The monoisotopic (exact) mass is 317 g/mol. The molecular formula is C13H21F2N5O2. The van der Waals surface area contributed by atoms with Gasteiger partial charge in [0.25, 0.3) is 5.92 Å². The van der Waals surface area contributed by atoms with Crippen molar-refractivity contribution in [3.8, 4) is 0 Å². The van der Waals surface area contributed by atoms with E-state index < -0.39 is 17.8 Å². The number of ether oxygens (including phenoxy) is 1. The number of likely N-dealkylation sites (tertiary alicyclic amines) is 1. The van der Waals surface area contributed by atoms with Crippen molar-refractivity contribution in [3.63, 3.8) is 0 Å². The summed E-state index contributed by atoms with van der Waals surface area (Å²) in [7, 11) is 1.53. The molecule has 124 valence electrons. The second-order valence-corrected chi connectivity index (χ2v) is 5.67. The van der Waals surface area contributed by atoms with Crippen LogP contribution in [0, 0.1) is 11.8 Å². The molecule has 1 saturated heterocycles. The van der Waals surface area contributed by atoms with Crippen molar-refractivity contribution in [1.29, 1.82) is 0 Å². The number of aromatic amines is 1. The van der Waals surface area contributed by atoms with Crippen LogP contribution in [0.4, 0.5) is 13.6 Å². The maximum atomic E-state index is 13.8. The van der Waals surface area contributed by atoms with Gasteiger partial charge in [-0.05, 0) is 0 Å². The van der Waals surface area contributed by atoms with Crippen LogP contribution in [0.15, 0.2) is 0 Å². The highest BCUT2D eigenvalue weighted by atomic mass is 19.3. The number of halogens is 2. The maximum Gasteiger partial charge on any atom is 0.317 e. The molecule has 0 aromatic carbocycles. The van der Waals surface area contributed by atoms with Crippen molar-refractivity contribution in [1.82, 2.24) is 25.4 Å². The number of urea groups is 1. The molecule has 2 atom stereocenters. The fourth-order valence-electron chi connectivity index (χ4n) is 2.51. The minimum absolute atomic E-state index is 0.0362. The predicted octanol–water partition coefficient (Wildman–Crippen LogP) is 1.38. The first-order chi connectivity index (χ1) is 10.3. The van der Waals surface area contributed by atoms with Gasteiger partial charge in [0, 0.05) is 32.0 Å². The standard InChI is InChI=1S/C13H21F2N5O2/c1-8-5-20(6-9(2)13(8,14)15)12(21)16-4-10-17-11(7-22-3)19-18-10/h8-9H,4-7H2,1-3H3,(H,16,21)(H,17,18,19). The van der Waals surface area contributed by atoms with Gasteiger partial charge in [0.1, 0.15) is 12.4 Å². The molecule has 0 radical (unpaired) electrons. The third-order valence-electron chi connectivity index (χ3n) is 3.85. The smallest absolute Gasteiger partial charge is 0.317 e. The summed E-state index contributed by atoms with van der Waals surface area (Å²) in [5, 5.41) is 9.26. The van der Waals surface area contributed by atoms with Crippen LogP contribution in [0.5, 0.6) is 0 Å². The van der Waals surface area contributed by atoms with Gasteiger partial charge in [0.05, 0.1) is 6.54 Å². The summed E-state index contributed by atoms with van der Waals surface area (Å²) in [5.41, 5.74) is 0. The van der Waals surface area contributed by atoms with Crippen molar-refractivity contribution in [2.75, 3.05) is 20.2 Å². The van der Waals surface area contributed by atoms with Crippen molar-refractivity contribution in [3.05, 3.63) is 11.6 Å². The average molecular weight is 317 g/mol. The number of H-pyrrole nitrogens is 1. The van der Waals surface area contributed by atoms with E-state index in [1.165, 1.54) is 25.9 Å². The van der Waals surface area contributed by atoms with E-state index >= 15 is 0 Å². The minimum atomic E-state index is -2.74. The Morgan fingerprint density at radius 3 is 2.68 bits per heavy atom. The predicted molar refractivity (Wildman–Crippen MR) is 74.2 cm³/mol. The third-order valence-corrected chi connectivity index (χ3v) is 3.85. The Morgan fingerprint density at radius 2 is 2.09 bits per heavy atom. The summed E-state index contributed by atoms with van der Waals surface area (Å²) in [5.74, 6) is -3.48. The first kappa shape index (κ1) is 16.6.